The van der Waals surface area contributed by atoms with Crippen LogP contribution < -0.4 is 4.74 Å². The van der Waals surface area contributed by atoms with Crippen molar-refractivity contribution < 1.29 is 22.7 Å². The van der Waals surface area contributed by atoms with Gasteiger partial charge in [0.15, 0.2) is 0 Å². The number of methoxy groups -OCH3 is 1. The molecule has 1 amide bonds. The molecular formula is C26H44N4O5S. The molecule has 1 saturated carbocycles. The number of carbonyl (C=O) groups is 1. The number of rotatable bonds is 11. The Labute approximate surface area is 217 Å². The van der Waals surface area contributed by atoms with Crippen molar-refractivity contribution in [1.29, 1.82) is 0 Å². The predicted molar refractivity (Wildman–Crippen MR) is 141 cm³/mol. The molecule has 0 radical (unpaired) electrons. The van der Waals surface area contributed by atoms with Gasteiger partial charge in [0.2, 0.25) is 15.9 Å². The molecule has 0 bridgehead atoms. The van der Waals surface area contributed by atoms with Crippen molar-refractivity contribution in [3.05, 3.63) is 23.3 Å². The lowest BCUT2D eigenvalue weighted by atomic mass is 10.1. The number of hydrogen-bond donors (Lipinski definition) is 0. The Hall–Kier alpha value is -1.72. The molecule has 3 rings (SSSR count). The quantitative estimate of drug-likeness (QED) is 0.409. The van der Waals surface area contributed by atoms with Gasteiger partial charge in [0.1, 0.15) is 12.4 Å². The summed E-state index contributed by atoms with van der Waals surface area (Å²) in [6.45, 7) is 11.6. The van der Waals surface area contributed by atoms with Crippen molar-refractivity contribution in [2.45, 2.75) is 57.0 Å². The largest absolute Gasteiger partial charge is 0.497 e. The molecule has 2 aliphatic rings. The van der Waals surface area contributed by atoms with E-state index in [-0.39, 0.29) is 36.6 Å². The van der Waals surface area contributed by atoms with Gasteiger partial charge in [-0.05, 0) is 62.9 Å². The van der Waals surface area contributed by atoms with Crippen molar-refractivity contribution in [2.24, 2.45) is 0 Å². The molecule has 2 atom stereocenters. The highest BCUT2D eigenvalue weighted by Gasteiger charge is 2.34. The lowest BCUT2D eigenvalue weighted by Gasteiger charge is -2.38. The average molecular weight is 525 g/mol. The Balaban J connectivity index is 1.43. The summed E-state index contributed by atoms with van der Waals surface area (Å²) in [5.74, 6) is 0.578. The summed E-state index contributed by atoms with van der Waals surface area (Å²) in [6.07, 6.45) is 3.15. The molecule has 1 aromatic carbocycles. The van der Waals surface area contributed by atoms with E-state index < -0.39 is 10.0 Å². The third-order valence-electron chi connectivity index (χ3n) is 7.80. The Kier molecular flexibility index (Phi) is 10.2. The second kappa shape index (κ2) is 12.7. The molecule has 0 unspecified atom stereocenters. The number of carbonyl (C=O) groups excluding carboxylic acids is 1. The Morgan fingerprint density at radius 2 is 1.72 bits per heavy atom. The van der Waals surface area contributed by atoms with Crippen LogP contribution >= 0.6 is 0 Å². The highest BCUT2D eigenvalue weighted by molar-refractivity contribution is 7.89. The normalized spacial score (nSPS) is 21.8. The molecule has 1 saturated heterocycles. The smallest absolute Gasteiger partial charge is 0.248 e. The van der Waals surface area contributed by atoms with Gasteiger partial charge in [0.25, 0.3) is 0 Å². The first-order chi connectivity index (χ1) is 17.1. The van der Waals surface area contributed by atoms with Gasteiger partial charge < -0.3 is 19.3 Å². The fourth-order valence-corrected chi connectivity index (χ4v) is 6.99. The van der Waals surface area contributed by atoms with Gasteiger partial charge in [-0.1, -0.05) is 6.92 Å². The first-order valence-corrected chi connectivity index (χ1v) is 14.4. The summed E-state index contributed by atoms with van der Waals surface area (Å²) < 4.78 is 38.4. The van der Waals surface area contributed by atoms with Crippen LogP contribution in [0.1, 0.15) is 37.3 Å². The minimum atomic E-state index is -3.68. The van der Waals surface area contributed by atoms with Crippen LogP contribution in [-0.4, -0.2) is 119 Å². The van der Waals surface area contributed by atoms with Crippen molar-refractivity contribution in [1.82, 2.24) is 19.0 Å². The van der Waals surface area contributed by atoms with E-state index in [1.165, 1.54) is 11.4 Å². The fourth-order valence-electron chi connectivity index (χ4n) is 5.43. The van der Waals surface area contributed by atoms with E-state index in [4.69, 9.17) is 9.47 Å². The number of hydrogen-bond acceptors (Lipinski definition) is 7. The molecule has 10 heteroatoms. The first-order valence-electron chi connectivity index (χ1n) is 13.0. The predicted octanol–water partition coefficient (Wildman–Crippen LogP) is 1.97. The van der Waals surface area contributed by atoms with Crippen LogP contribution in [0, 0.1) is 13.8 Å². The molecule has 1 aliphatic heterocycles. The molecular weight excluding hydrogens is 480 g/mol. The summed E-state index contributed by atoms with van der Waals surface area (Å²) >= 11 is 0. The van der Waals surface area contributed by atoms with E-state index >= 15 is 0 Å². The van der Waals surface area contributed by atoms with Gasteiger partial charge >= 0.3 is 0 Å². The first kappa shape index (κ1) is 28.8. The van der Waals surface area contributed by atoms with Gasteiger partial charge in [-0.3, -0.25) is 9.69 Å². The third kappa shape index (κ3) is 6.77. The van der Waals surface area contributed by atoms with Crippen LogP contribution in [-0.2, 0) is 19.6 Å². The SMILES string of the molecule is CCN1CCN([C@H]2CC[C@@H](N(C)C(=O)COCCN(C)S(=O)(=O)c3c(C)cc(OC)cc3C)C2)CC1. The minimum Gasteiger partial charge on any atom is -0.497 e. The molecule has 1 aromatic rings. The van der Waals surface area contributed by atoms with Gasteiger partial charge in [0.05, 0.1) is 18.6 Å². The van der Waals surface area contributed by atoms with Gasteiger partial charge in [0, 0.05) is 58.9 Å². The van der Waals surface area contributed by atoms with E-state index in [2.05, 4.69) is 16.7 Å². The zero-order chi connectivity index (χ0) is 26.5. The molecule has 0 N–H and O–H groups in total. The zero-order valence-electron chi connectivity index (χ0n) is 22.8. The fraction of sp³-hybridized carbons (Fsp3) is 0.731. The maximum absolute atomic E-state index is 13.1. The molecule has 2 fully saturated rings. The Bertz CT molecular complexity index is 971. The minimum absolute atomic E-state index is 0.0404. The van der Waals surface area contributed by atoms with Crippen LogP contribution in [0.3, 0.4) is 0 Å². The lowest BCUT2D eigenvalue weighted by molar-refractivity contribution is -0.136. The number of sulfonamides is 1. The van der Waals surface area contributed by atoms with E-state index in [1.807, 2.05) is 11.9 Å². The molecule has 1 heterocycles. The summed E-state index contributed by atoms with van der Waals surface area (Å²) in [4.78, 5) is 19.9. The second-order valence-corrected chi connectivity index (χ2v) is 12.0. The van der Waals surface area contributed by atoms with Crippen molar-refractivity contribution in [3.63, 3.8) is 0 Å². The maximum Gasteiger partial charge on any atom is 0.248 e. The molecule has 1 aliphatic carbocycles. The average Bonchev–Trinajstić information content (AvgIpc) is 3.35. The van der Waals surface area contributed by atoms with E-state index in [0.717, 1.165) is 52.0 Å². The standard InChI is InChI=1S/C26H44N4O5S/c1-7-29-10-12-30(13-11-29)23-9-8-22(18-23)28(5)25(31)19-35-15-14-27(4)36(32,33)26-20(2)16-24(34-6)17-21(26)3/h16-17,22-23H,7-15,18-19H2,1-6H3/t22-,23+/m1/s1. The zero-order valence-corrected chi connectivity index (χ0v) is 23.6. The summed E-state index contributed by atoms with van der Waals surface area (Å²) in [5, 5.41) is 0. The van der Waals surface area contributed by atoms with Crippen LogP contribution in [0.4, 0.5) is 0 Å². The van der Waals surface area contributed by atoms with Crippen molar-refractivity contribution >= 4 is 15.9 Å². The maximum atomic E-state index is 13.1. The van der Waals surface area contributed by atoms with Crippen molar-refractivity contribution in [3.8, 4) is 5.75 Å². The summed E-state index contributed by atoms with van der Waals surface area (Å²) in [7, 11) is 1.27. The summed E-state index contributed by atoms with van der Waals surface area (Å²) in [6, 6.07) is 4.22. The third-order valence-corrected chi connectivity index (χ3v) is 9.97. The highest BCUT2D eigenvalue weighted by atomic mass is 32.2. The Morgan fingerprint density at radius 3 is 2.31 bits per heavy atom. The number of likely N-dealkylation sites (N-methyl/N-ethyl adjacent to an activating group) is 3. The number of ether oxygens (including phenoxy) is 2. The number of nitrogens with zero attached hydrogens (tertiary/aromatic N) is 4. The van der Waals surface area contributed by atoms with Crippen LogP contribution in [0.2, 0.25) is 0 Å². The second-order valence-electron chi connectivity index (χ2n) is 10.1. The van der Waals surface area contributed by atoms with E-state index in [9.17, 15) is 13.2 Å². The Morgan fingerprint density at radius 1 is 1.08 bits per heavy atom. The molecule has 36 heavy (non-hydrogen) atoms. The molecule has 204 valence electrons. The van der Waals surface area contributed by atoms with Gasteiger partial charge in [-0.2, -0.15) is 4.31 Å². The van der Waals surface area contributed by atoms with E-state index in [0.29, 0.717) is 22.9 Å². The van der Waals surface area contributed by atoms with Crippen LogP contribution in [0.15, 0.2) is 17.0 Å². The van der Waals surface area contributed by atoms with Gasteiger partial charge in [-0.25, -0.2) is 8.42 Å². The molecule has 9 nitrogen and oxygen atoms in total. The monoisotopic (exact) mass is 524 g/mol. The number of piperazine rings is 1. The number of benzene rings is 1. The van der Waals surface area contributed by atoms with E-state index in [1.54, 1.807) is 33.1 Å². The molecule has 0 spiro atoms. The molecule has 0 aromatic heterocycles. The summed E-state index contributed by atoms with van der Waals surface area (Å²) in [5.41, 5.74) is 1.28. The number of aryl methyl sites for hydroxylation is 2. The topological polar surface area (TPSA) is 82.6 Å². The number of amides is 1. The van der Waals surface area contributed by atoms with Crippen LogP contribution in [0.25, 0.3) is 0 Å². The van der Waals surface area contributed by atoms with Crippen LogP contribution in [0.5, 0.6) is 5.75 Å². The van der Waals surface area contributed by atoms with Crippen molar-refractivity contribution in [2.75, 3.05) is 73.7 Å². The highest BCUT2D eigenvalue weighted by Crippen LogP contribution is 2.29. The lowest BCUT2D eigenvalue weighted by Crippen LogP contribution is -2.50. The van der Waals surface area contributed by atoms with Gasteiger partial charge in [-0.15, -0.1) is 0 Å².